The minimum absolute atomic E-state index is 0.0143. The second-order valence-corrected chi connectivity index (χ2v) is 8.31. The van der Waals surface area contributed by atoms with Crippen LogP contribution in [0, 0.1) is 11.3 Å². The number of nitrogens with one attached hydrogen (secondary N) is 2. The van der Waals surface area contributed by atoms with Gasteiger partial charge in [-0.05, 0) is 29.8 Å². The number of fused-ring (bicyclic) bond motifs is 1. The van der Waals surface area contributed by atoms with Crippen molar-refractivity contribution in [3.63, 3.8) is 0 Å². The van der Waals surface area contributed by atoms with Gasteiger partial charge in [0.15, 0.2) is 11.5 Å². The van der Waals surface area contributed by atoms with Crippen molar-refractivity contribution in [1.29, 1.82) is 5.26 Å². The fraction of sp³-hybridized carbons (Fsp3) is 0.231. The number of carbonyl (C=O) groups is 1. The Bertz CT molecular complexity index is 1490. The van der Waals surface area contributed by atoms with E-state index in [4.69, 9.17) is 14.2 Å². The van der Waals surface area contributed by atoms with Gasteiger partial charge in [0.25, 0.3) is 5.91 Å². The molecule has 0 spiro atoms. The van der Waals surface area contributed by atoms with Crippen LogP contribution in [0.5, 0.6) is 11.5 Å². The second kappa shape index (κ2) is 9.93. The number of hydrogen-bond acceptors (Lipinski definition) is 7. The molecule has 3 aromatic heterocycles. The molecule has 4 heterocycles. The molecule has 10 nitrogen and oxygen atoms in total. The Morgan fingerprint density at radius 2 is 2.08 bits per heavy atom. The maximum atomic E-state index is 12.8. The summed E-state index contributed by atoms with van der Waals surface area (Å²) in [6.07, 6.45) is 8.83. The predicted octanol–water partition coefficient (Wildman–Crippen LogP) is 3.24. The molecular weight excluding hydrogens is 460 g/mol. The van der Waals surface area contributed by atoms with Crippen LogP contribution in [-0.4, -0.2) is 53.1 Å². The van der Waals surface area contributed by atoms with Gasteiger partial charge in [0.1, 0.15) is 17.3 Å². The van der Waals surface area contributed by atoms with Crippen LogP contribution >= 0.6 is 0 Å². The SMILES string of the molecule is COc1ccc(CNC(=O)/C(C#N)=C/c2c[nH]c3ncc(-c4cnn(C5COC5)c4)cc23)cc1OC. The van der Waals surface area contributed by atoms with Crippen LogP contribution < -0.4 is 14.8 Å². The molecule has 10 heteroatoms. The number of hydrogen-bond donors (Lipinski definition) is 2. The second-order valence-electron chi connectivity index (χ2n) is 8.31. The number of aromatic amines is 1. The minimum Gasteiger partial charge on any atom is -0.493 e. The van der Waals surface area contributed by atoms with Crippen molar-refractivity contribution in [1.82, 2.24) is 25.1 Å². The van der Waals surface area contributed by atoms with Gasteiger partial charge in [0.05, 0.1) is 39.7 Å². The molecule has 0 atom stereocenters. The molecule has 1 saturated heterocycles. The third-order valence-electron chi connectivity index (χ3n) is 6.06. The van der Waals surface area contributed by atoms with Crippen LogP contribution in [0.4, 0.5) is 0 Å². The van der Waals surface area contributed by atoms with Gasteiger partial charge < -0.3 is 24.5 Å². The molecule has 1 fully saturated rings. The first-order chi connectivity index (χ1) is 17.6. The van der Waals surface area contributed by atoms with Crippen molar-refractivity contribution in [2.45, 2.75) is 12.6 Å². The van der Waals surface area contributed by atoms with Crippen LogP contribution in [0.1, 0.15) is 17.2 Å². The molecule has 0 unspecified atom stereocenters. The number of methoxy groups -OCH3 is 2. The molecule has 2 N–H and O–H groups in total. The molecule has 4 aromatic rings. The summed E-state index contributed by atoms with van der Waals surface area (Å²) in [5.41, 5.74) is 3.97. The third kappa shape index (κ3) is 4.52. The Balaban J connectivity index is 1.35. The summed E-state index contributed by atoms with van der Waals surface area (Å²) >= 11 is 0. The van der Waals surface area contributed by atoms with E-state index in [2.05, 4.69) is 20.4 Å². The largest absolute Gasteiger partial charge is 0.493 e. The standard InChI is InChI=1S/C26H24N6O4/c1-34-23-4-3-16(5-24(23)35-2)9-30-26(33)17(8-27)6-19-11-29-25-22(19)7-18(10-28-25)20-12-31-32(13-20)21-14-36-15-21/h3-7,10-13,21H,9,14-15H2,1-2H3,(H,28,29)(H,30,33)/b17-6+. The Morgan fingerprint density at radius 3 is 2.81 bits per heavy atom. The summed E-state index contributed by atoms with van der Waals surface area (Å²) < 4.78 is 17.7. The topological polar surface area (TPSA) is 127 Å². The van der Waals surface area contributed by atoms with Crippen LogP contribution in [0.25, 0.3) is 28.2 Å². The van der Waals surface area contributed by atoms with E-state index in [0.717, 1.165) is 22.1 Å². The number of ether oxygens (including phenoxy) is 3. The zero-order valence-electron chi connectivity index (χ0n) is 19.8. The number of H-pyrrole nitrogens is 1. The predicted molar refractivity (Wildman–Crippen MR) is 132 cm³/mol. The van der Waals surface area contributed by atoms with E-state index in [-0.39, 0.29) is 18.2 Å². The Labute approximate surface area is 207 Å². The van der Waals surface area contributed by atoms with Crippen molar-refractivity contribution in [2.75, 3.05) is 27.4 Å². The van der Waals surface area contributed by atoms with Crippen molar-refractivity contribution in [2.24, 2.45) is 0 Å². The first kappa shape index (κ1) is 23.1. The highest BCUT2D eigenvalue weighted by Gasteiger charge is 2.21. The van der Waals surface area contributed by atoms with Gasteiger partial charge in [-0.1, -0.05) is 6.07 Å². The monoisotopic (exact) mass is 484 g/mol. The summed E-state index contributed by atoms with van der Waals surface area (Å²) in [6, 6.07) is 9.60. The number of pyridine rings is 1. The number of rotatable bonds is 8. The first-order valence-electron chi connectivity index (χ1n) is 11.3. The molecule has 0 saturated carbocycles. The Hall–Kier alpha value is -4.62. The fourth-order valence-corrected chi connectivity index (χ4v) is 3.94. The Kier molecular flexibility index (Phi) is 6.38. The molecular formula is C26H24N6O4. The number of nitrogens with zero attached hydrogens (tertiary/aromatic N) is 4. The third-order valence-corrected chi connectivity index (χ3v) is 6.06. The molecule has 0 aliphatic carbocycles. The van der Waals surface area contributed by atoms with E-state index < -0.39 is 5.91 Å². The molecule has 182 valence electrons. The van der Waals surface area contributed by atoms with Gasteiger partial charge in [0, 0.05) is 47.2 Å². The van der Waals surface area contributed by atoms with E-state index >= 15 is 0 Å². The lowest BCUT2D eigenvalue weighted by Crippen LogP contribution is -2.30. The van der Waals surface area contributed by atoms with Gasteiger partial charge >= 0.3 is 0 Å². The van der Waals surface area contributed by atoms with Crippen LogP contribution in [0.15, 0.2) is 54.6 Å². The lowest BCUT2D eigenvalue weighted by atomic mass is 10.1. The molecule has 1 aromatic carbocycles. The lowest BCUT2D eigenvalue weighted by molar-refractivity contribution is -0.117. The maximum absolute atomic E-state index is 12.8. The van der Waals surface area contributed by atoms with Crippen molar-refractivity contribution < 1.29 is 19.0 Å². The van der Waals surface area contributed by atoms with Crippen LogP contribution in [-0.2, 0) is 16.1 Å². The van der Waals surface area contributed by atoms with Gasteiger partial charge in [0.2, 0.25) is 0 Å². The summed E-state index contributed by atoms with van der Waals surface area (Å²) in [7, 11) is 3.11. The lowest BCUT2D eigenvalue weighted by Gasteiger charge is -2.25. The van der Waals surface area contributed by atoms with Gasteiger partial charge in [-0.15, -0.1) is 0 Å². The molecule has 5 rings (SSSR count). The van der Waals surface area contributed by atoms with Gasteiger partial charge in [-0.2, -0.15) is 10.4 Å². The normalized spacial score (nSPS) is 13.8. The molecule has 0 bridgehead atoms. The van der Waals surface area contributed by atoms with E-state index in [0.29, 0.717) is 35.9 Å². The smallest absolute Gasteiger partial charge is 0.262 e. The van der Waals surface area contributed by atoms with Crippen LogP contribution in [0.2, 0.25) is 0 Å². The highest BCUT2D eigenvalue weighted by Crippen LogP contribution is 2.28. The van der Waals surface area contributed by atoms with Gasteiger partial charge in [-0.3, -0.25) is 9.48 Å². The number of aromatic nitrogens is 4. The van der Waals surface area contributed by atoms with E-state index in [1.807, 2.05) is 29.1 Å². The Morgan fingerprint density at radius 1 is 1.25 bits per heavy atom. The number of benzene rings is 1. The maximum Gasteiger partial charge on any atom is 0.262 e. The molecule has 36 heavy (non-hydrogen) atoms. The average Bonchev–Trinajstić information content (AvgIpc) is 3.51. The first-order valence-corrected chi connectivity index (χ1v) is 11.3. The quantitative estimate of drug-likeness (QED) is 0.290. The zero-order valence-corrected chi connectivity index (χ0v) is 19.8. The summed E-state index contributed by atoms with van der Waals surface area (Å²) in [5.74, 6) is 0.686. The molecule has 0 radical (unpaired) electrons. The molecule has 1 aliphatic heterocycles. The van der Waals surface area contributed by atoms with E-state index in [9.17, 15) is 10.1 Å². The number of nitriles is 1. The fourth-order valence-electron chi connectivity index (χ4n) is 3.94. The van der Waals surface area contributed by atoms with Crippen molar-refractivity contribution in [3.8, 4) is 28.7 Å². The molecule has 1 amide bonds. The van der Waals surface area contributed by atoms with Crippen molar-refractivity contribution >= 4 is 23.0 Å². The van der Waals surface area contributed by atoms with Crippen molar-refractivity contribution in [3.05, 3.63) is 65.8 Å². The summed E-state index contributed by atoms with van der Waals surface area (Å²) in [6.45, 7) is 1.56. The van der Waals surface area contributed by atoms with E-state index in [1.54, 1.807) is 51.0 Å². The number of amides is 1. The highest BCUT2D eigenvalue weighted by molar-refractivity contribution is 6.03. The summed E-state index contributed by atoms with van der Waals surface area (Å²) in [5, 5.41) is 17.7. The zero-order chi connectivity index (χ0) is 25.1. The summed E-state index contributed by atoms with van der Waals surface area (Å²) in [4.78, 5) is 20.4. The van der Waals surface area contributed by atoms with Gasteiger partial charge in [-0.25, -0.2) is 4.98 Å². The number of carbonyl (C=O) groups excluding carboxylic acids is 1. The van der Waals surface area contributed by atoms with Crippen LogP contribution in [0.3, 0.4) is 0 Å². The highest BCUT2D eigenvalue weighted by atomic mass is 16.5. The average molecular weight is 485 g/mol. The minimum atomic E-state index is -0.477. The molecule has 1 aliphatic rings. The van der Waals surface area contributed by atoms with E-state index in [1.165, 1.54) is 0 Å².